The molecule has 1 saturated heterocycles. The van der Waals surface area contributed by atoms with Crippen molar-refractivity contribution in [3.8, 4) is 0 Å². The quantitative estimate of drug-likeness (QED) is 0.541. The Labute approximate surface area is 195 Å². The second-order valence-corrected chi connectivity index (χ2v) is 8.59. The molecule has 0 spiro atoms. The maximum absolute atomic E-state index is 13.1. The SMILES string of the molecule is O=C(NCCc1ccccc1)c1ccccc1NC(=O)C1CCCN(Cc2ccccc2)C1. The number of hydrogen-bond donors (Lipinski definition) is 2. The zero-order valence-electron chi connectivity index (χ0n) is 18.9. The summed E-state index contributed by atoms with van der Waals surface area (Å²) in [5.41, 5.74) is 3.50. The lowest BCUT2D eigenvalue weighted by molar-refractivity contribution is -0.121. The highest BCUT2D eigenvalue weighted by Gasteiger charge is 2.26. The second kappa shape index (κ2) is 11.4. The van der Waals surface area contributed by atoms with Crippen molar-refractivity contribution in [1.29, 1.82) is 0 Å². The number of benzene rings is 3. The molecule has 3 aromatic carbocycles. The average molecular weight is 442 g/mol. The van der Waals surface area contributed by atoms with E-state index in [0.717, 1.165) is 38.9 Å². The molecular formula is C28H31N3O2. The Morgan fingerprint density at radius 2 is 1.52 bits per heavy atom. The zero-order valence-corrected chi connectivity index (χ0v) is 18.9. The summed E-state index contributed by atoms with van der Waals surface area (Å²) in [6.45, 7) is 3.12. The van der Waals surface area contributed by atoms with Crippen molar-refractivity contribution in [2.75, 3.05) is 25.0 Å². The first-order chi connectivity index (χ1) is 16.2. The van der Waals surface area contributed by atoms with E-state index in [4.69, 9.17) is 0 Å². The third-order valence-electron chi connectivity index (χ3n) is 6.10. The number of hydrogen-bond acceptors (Lipinski definition) is 3. The molecule has 5 heteroatoms. The molecule has 5 nitrogen and oxygen atoms in total. The van der Waals surface area contributed by atoms with Crippen LogP contribution < -0.4 is 10.6 Å². The molecular weight excluding hydrogens is 410 g/mol. The number of amides is 2. The van der Waals surface area contributed by atoms with Crippen molar-refractivity contribution in [2.45, 2.75) is 25.8 Å². The van der Waals surface area contributed by atoms with Crippen molar-refractivity contribution < 1.29 is 9.59 Å². The smallest absolute Gasteiger partial charge is 0.253 e. The minimum Gasteiger partial charge on any atom is -0.352 e. The predicted molar refractivity (Wildman–Crippen MR) is 132 cm³/mol. The monoisotopic (exact) mass is 441 g/mol. The number of anilines is 1. The van der Waals surface area contributed by atoms with E-state index in [1.54, 1.807) is 12.1 Å². The van der Waals surface area contributed by atoms with Crippen LogP contribution in [0.4, 0.5) is 5.69 Å². The lowest BCUT2D eigenvalue weighted by Crippen LogP contribution is -2.40. The number of carbonyl (C=O) groups excluding carboxylic acids is 2. The fraction of sp³-hybridized carbons (Fsp3) is 0.286. The first-order valence-electron chi connectivity index (χ1n) is 11.7. The van der Waals surface area contributed by atoms with E-state index in [2.05, 4.69) is 27.7 Å². The van der Waals surface area contributed by atoms with Crippen molar-refractivity contribution >= 4 is 17.5 Å². The average Bonchev–Trinajstić information content (AvgIpc) is 2.86. The highest BCUT2D eigenvalue weighted by atomic mass is 16.2. The van der Waals surface area contributed by atoms with Crippen LogP contribution in [0.25, 0.3) is 0 Å². The summed E-state index contributed by atoms with van der Waals surface area (Å²) >= 11 is 0. The van der Waals surface area contributed by atoms with Crippen molar-refractivity contribution in [3.05, 3.63) is 102 Å². The number of piperidine rings is 1. The van der Waals surface area contributed by atoms with Crippen molar-refractivity contribution in [3.63, 3.8) is 0 Å². The standard InChI is InChI=1S/C28H31N3O2/c32-27(24-14-9-19-31(21-24)20-23-12-5-2-6-13-23)30-26-16-8-7-15-25(26)28(33)29-18-17-22-10-3-1-4-11-22/h1-8,10-13,15-16,24H,9,14,17-21H2,(H,29,33)(H,30,32). The fourth-order valence-corrected chi connectivity index (χ4v) is 4.34. The zero-order chi connectivity index (χ0) is 22.9. The topological polar surface area (TPSA) is 61.4 Å². The van der Waals surface area contributed by atoms with Gasteiger partial charge in [0, 0.05) is 19.6 Å². The normalized spacial score (nSPS) is 16.2. The minimum absolute atomic E-state index is 0.0164. The van der Waals surface area contributed by atoms with Gasteiger partial charge >= 0.3 is 0 Å². The van der Waals surface area contributed by atoms with Gasteiger partial charge in [-0.2, -0.15) is 0 Å². The lowest BCUT2D eigenvalue weighted by Gasteiger charge is -2.32. The third kappa shape index (κ3) is 6.53. The number of nitrogens with zero attached hydrogens (tertiary/aromatic N) is 1. The number of para-hydroxylation sites is 1. The van der Waals surface area contributed by atoms with E-state index >= 15 is 0 Å². The van der Waals surface area contributed by atoms with Crippen molar-refractivity contribution in [1.82, 2.24) is 10.2 Å². The van der Waals surface area contributed by atoms with Crippen LogP contribution in [0.3, 0.4) is 0 Å². The summed E-state index contributed by atoms with van der Waals surface area (Å²) in [5.74, 6) is -0.273. The largest absolute Gasteiger partial charge is 0.352 e. The van der Waals surface area contributed by atoms with Gasteiger partial charge in [-0.25, -0.2) is 0 Å². The molecule has 170 valence electrons. The highest BCUT2D eigenvalue weighted by Crippen LogP contribution is 2.22. The molecule has 0 saturated carbocycles. The maximum Gasteiger partial charge on any atom is 0.253 e. The summed E-state index contributed by atoms with van der Waals surface area (Å²) in [6.07, 6.45) is 2.62. The maximum atomic E-state index is 13.1. The van der Waals surface area contributed by atoms with E-state index in [1.807, 2.05) is 60.7 Å². The van der Waals surface area contributed by atoms with Crippen LogP contribution >= 0.6 is 0 Å². The molecule has 3 aromatic rings. The number of rotatable bonds is 8. The molecule has 33 heavy (non-hydrogen) atoms. The molecule has 0 aliphatic carbocycles. The van der Waals surface area contributed by atoms with Crippen LogP contribution in [0.2, 0.25) is 0 Å². The Balaban J connectivity index is 1.33. The summed E-state index contributed by atoms with van der Waals surface area (Å²) in [6, 6.07) is 27.6. The van der Waals surface area contributed by atoms with E-state index in [0.29, 0.717) is 17.8 Å². The third-order valence-corrected chi connectivity index (χ3v) is 6.10. The van der Waals surface area contributed by atoms with E-state index in [9.17, 15) is 9.59 Å². The van der Waals surface area contributed by atoms with Crippen LogP contribution in [0.15, 0.2) is 84.9 Å². The molecule has 2 N–H and O–H groups in total. The van der Waals surface area contributed by atoms with Gasteiger partial charge in [0.1, 0.15) is 0 Å². The van der Waals surface area contributed by atoms with Gasteiger partial charge in [0.2, 0.25) is 5.91 Å². The van der Waals surface area contributed by atoms with Gasteiger partial charge in [-0.3, -0.25) is 14.5 Å². The van der Waals surface area contributed by atoms with Gasteiger partial charge in [0.05, 0.1) is 17.2 Å². The van der Waals surface area contributed by atoms with Gasteiger partial charge in [0.15, 0.2) is 0 Å². The van der Waals surface area contributed by atoms with Crippen LogP contribution in [0.5, 0.6) is 0 Å². The Bertz CT molecular complexity index is 1050. The molecule has 1 aliphatic heterocycles. The van der Waals surface area contributed by atoms with Gasteiger partial charge in [-0.15, -0.1) is 0 Å². The van der Waals surface area contributed by atoms with E-state index in [1.165, 1.54) is 11.1 Å². The molecule has 0 radical (unpaired) electrons. The van der Waals surface area contributed by atoms with Crippen molar-refractivity contribution in [2.24, 2.45) is 5.92 Å². The summed E-state index contributed by atoms with van der Waals surface area (Å²) in [4.78, 5) is 28.2. The molecule has 1 fully saturated rings. The van der Waals surface area contributed by atoms with Crippen LogP contribution in [-0.4, -0.2) is 36.3 Å². The Hall–Kier alpha value is -3.44. The predicted octanol–water partition coefficient (Wildman–Crippen LogP) is 4.51. The molecule has 1 atom stereocenters. The first-order valence-corrected chi connectivity index (χ1v) is 11.7. The molecule has 0 bridgehead atoms. The number of nitrogens with one attached hydrogen (secondary N) is 2. The van der Waals surface area contributed by atoms with Crippen LogP contribution in [0.1, 0.15) is 34.3 Å². The van der Waals surface area contributed by atoms with Crippen LogP contribution in [-0.2, 0) is 17.8 Å². The highest BCUT2D eigenvalue weighted by molar-refractivity contribution is 6.04. The van der Waals surface area contributed by atoms with Gasteiger partial charge in [-0.1, -0.05) is 72.8 Å². The molecule has 2 amide bonds. The second-order valence-electron chi connectivity index (χ2n) is 8.59. The number of carbonyl (C=O) groups is 2. The number of likely N-dealkylation sites (tertiary alicyclic amines) is 1. The summed E-state index contributed by atoms with van der Waals surface area (Å²) in [5, 5.41) is 6.00. The molecule has 1 unspecified atom stereocenters. The Morgan fingerprint density at radius 1 is 0.848 bits per heavy atom. The summed E-state index contributed by atoms with van der Waals surface area (Å²) in [7, 11) is 0. The fourth-order valence-electron chi connectivity index (χ4n) is 4.34. The molecule has 4 rings (SSSR count). The molecule has 1 heterocycles. The minimum atomic E-state index is -0.170. The Morgan fingerprint density at radius 3 is 2.27 bits per heavy atom. The molecule has 1 aliphatic rings. The van der Waals surface area contributed by atoms with Crippen LogP contribution in [0, 0.1) is 5.92 Å². The van der Waals surface area contributed by atoms with E-state index in [-0.39, 0.29) is 17.7 Å². The van der Waals surface area contributed by atoms with Gasteiger partial charge in [-0.05, 0) is 49.1 Å². The lowest BCUT2D eigenvalue weighted by atomic mass is 9.96. The van der Waals surface area contributed by atoms with Gasteiger partial charge < -0.3 is 10.6 Å². The first kappa shape index (κ1) is 22.7. The molecule has 0 aromatic heterocycles. The van der Waals surface area contributed by atoms with E-state index < -0.39 is 0 Å². The Kier molecular flexibility index (Phi) is 7.88. The summed E-state index contributed by atoms with van der Waals surface area (Å²) < 4.78 is 0. The van der Waals surface area contributed by atoms with Gasteiger partial charge in [0.25, 0.3) is 5.91 Å².